The third-order valence-electron chi connectivity index (χ3n) is 4.28. The molecule has 3 aromatic rings. The number of carbonyl (C=O) groups excluding carboxylic acids is 1. The minimum absolute atomic E-state index is 0.103. The third kappa shape index (κ3) is 4.83. The summed E-state index contributed by atoms with van der Waals surface area (Å²) in [5.41, 5.74) is 1.75. The Kier molecular flexibility index (Phi) is 6.42. The summed E-state index contributed by atoms with van der Waals surface area (Å²) in [4.78, 5) is 17.0. The lowest BCUT2D eigenvalue weighted by Gasteiger charge is -2.19. The van der Waals surface area contributed by atoms with Crippen LogP contribution in [0.2, 0.25) is 15.1 Å². The maximum atomic E-state index is 12.6. The van der Waals surface area contributed by atoms with E-state index in [0.29, 0.717) is 21.5 Å². The van der Waals surface area contributed by atoms with E-state index in [0.717, 1.165) is 17.0 Å². The number of benzene rings is 2. The number of aromatic nitrogens is 2. The van der Waals surface area contributed by atoms with Crippen molar-refractivity contribution in [1.82, 2.24) is 14.9 Å². The van der Waals surface area contributed by atoms with Crippen molar-refractivity contribution in [3.05, 3.63) is 86.9 Å². The Bertz CT molecular complexity index is 938. The lowest BCUT2D eigenvalue weighted by molar-refractivity contribution is -0.121. The van der Waals surface area contributed by atoms with E-state index in [1.807, 2.05) is 42.1 Å². The number of hydrogen-bond donors (Lipinski definition) is 1. The smallest absolute Gasteiger partial charge is 0.221 e. The topological polar surface area (TPSA) is 46.9 Å². The van der Waals surface area contributed by atoms with Gasteiger partial charge >= 0.3 is 0 Å². The second-order valence-electron chi connectivity index (χ2n) is 6.16. The summed E-state index contributed by atoms with van der Waals surface area (Å²) in [7, 11) is 1.89. The highest BCUT2D eigenvalue weighted by Gasteiger charge is 2.21. The molecular weight excluding hydrogens is 405 g/mol. The predicted molar refractivity (Wildman–Crippen MR) is 109 cm³/mol. The standard InChI is InChI=1S/C20H18Cl3N3O/c1-26-12-11-24-20(26)19(14-5-8-15(21)9-6-14)25-17(27)10-7-13-3-2-4-16(22)18(13)23/h2-6,8-9,11-12,19H,7,10H2,1H3,(H,25,27). The molecule has 0 aliphatic rings. The molecule has 0 radical (unpaired) electrons. The van der Waals surface area contributed by atoms with E-state index in [4.69, 9.17) is 34.8 Å². The average Bonchev–Trinajstić information content (AvgIpc) is 3.07. The molecule has 0 spiro atoms. The van der Waals surface area contributed by atoms with Crippen molar-refractivity contribution < 1.29 is 4.79 Å². The SMILES string of the molecule is Cn1ccnc1C(NC(=O)CCc1cccc(Cl)c1Cl)c1ccc(Cl)cc1. The number of hydrogen-bond acceptors (Lipinski definition) is 2. The predicted octanol–water partition coefficient (Wildman–Crippen LogP) is 5.22. The van der Waals surface area contributed by atoms with Gasteiger partial charge in [0.25, 0.3) is 0 Å². The fourth-order valence-corrected chi connectivity index (χ4v) is 3.37. The van der Waals surface area contributed by atoms with Gasteiger partial charge in [-0.05, 0) is 35.7 Å². The molecule has 7 heteroatoms. The highest BCUT2D eigenvalue weighted by molar-refractivity contribution is 6.42. The molecule has 0 bridgehead atoms. The number of nitrogens with zero attached hydrogens (tertiary/aromatic N) is 2. The highest BCUT2D eigenvalue weighted by atomic mass is 35.5. The lowest BCUT2D eigenvalue weighted by Crippen LogP contribution is -2.31. The quantitative estimate of drug-likeness (QED) is 0.592. The van der Waals surface area contributed by atoms with Gasteiger partial charge in [-0.2, -0.15) is 0 Å². The molecule has 1 N–H and O–H groups in total. The Morgan fingerprint density at radius 3 is 2.56 bits per heavy atom. The molecule has 0 fully saturated rings. The summed E-state index contributed by atoms with van der Waals surface area (Å²) in [6.07, 6.45) is 4.33. The molecule has 1 atom stereocenters. The van der Waals surface area contributed by atoms with Crippen molar-refractivity contribution in [1.29, 1.82) is 0 Å². The van der Waals surface area contributed by atoms with Gasteiger partial charge in [-0.15, -0.1) is 0 Å². The molecule has 4 nitrogen and oxygen atoms in total. The highest BCUT2D eigenvalue weighted by Crippen LogP contribution is 2.27. The molecule has 0 aliphatic heterocycles. The summed E-state index contributed by atoms with van der Waals surface area (Å²) in [6, 6.07) is 12.4. The van der Waals surface area contributed by atoms with Crippen molar-refractivity contribution in [3.63, 3.8) is 0 Å². The molecule has 1 unspecified atom stereocenters. The van der Waals surface area contributed by atoms with Crippen molar-refractivity contribution in [2.24, 2.45) is 7.05 Å². The first-order valence-corrected chi connectivity index (χ1v) is 9.54. The van der Waals surface area contributed by atoms with Crippen molar-refractivity contribution in [2.45, 2.75) is 18.9 Å². The molecule has 0 aliphatic carbocycles. The number of carbonyl (C=O) groups is 1. The van der Waals surface area contributed by atoms with Crippen LogP contribution in [0.1, 0.15) is 29.4 Å². The maximum absolute atomic E-state index is 12.6. The van der Waals surface area contributed by atoms with Crippen LogP contribution in [0.15, 0.2) is 54.9 Å². The summed E-state index contributed by atoms with van der Waals surface area (Å²) < 4.78 is 1.88. The van der Waals surface area contributed by atoms with Gasteiger partial charge in [0, 0.05) is 30.9 Å². The van der Waals surface area contributed by atoms with Gasteiger partial charge < -0.3 is 9.88 Å². The maximum Gasteiger partial charge on any atom is 0.221 e. The van der Waals surface area contributed by atoms with Crippen LogP contribution in [0.5, 0.6) is 0 Å². The Morgan fingerprint density at radius 2 is 1.89 bits per heavy atom. The number of rotatable bonds is 6. The van der Waals surface area contributed by atoms with Crippen molar-refractivity contribution >= 4 is 40.7 Å². The van der Waals surface area contributed by atoms with E-state index in [9.17, 15) is 4.79 Å². The molecule has 1 aromatic heterocycles. The molecule has 1 heterocycles. The van der Waals surface area contributed by atoms with Gasteiger partial charge in [-0.3, -0.25) is 4.79 Å². The normalized spacial score (nSPS) is 12.0. The Hall–Kier alpha value is -2.01. The molecule has 140 valence electrons. The van der Waals surface area contributed by atoms with Crippen LogP contribution in [-0.4, -0.2) is 15.5 Å². The number of aryl methyl sites for hydroxylation is 2. The Morgan fingerprint density at radius 1 is 1.15 bits per heavy atom. The summed E-state index contributed by atoms with van der Waals surface area (Å²) in [6.45, 7) is 0. The molecule has 0 saturated carbocycles. The molecular formula is C20H18Cl3N3O. The van der Waals surface area contributed by atoms with Crippen LogP contribution >= 0.6 is 34.8 Å². The molecule has 2 aromatic carbocycles. The van der Waals surface area contributed by atoms with Crippen LogP contribution in [0.4, 0.5) is 0 Å². The minimum Gasteiger partial charge on any atom is -0.342 e. The summed E-state index contributed by atoms with van der Waals surface area (Å²) in [5.74, 6) is 0.639. The second-order valence-corrected chi connectivity index (χ2v) is 7.38. The molecule has 0 saturated heterocycles. The molecule has 1 amide bonds. The monoisotopic (exact) mass is 421 g/mol. The number of halogens is 3. The summed E-state index contributed by atoms with van der Waals surface area (Å²) >= 11 is 18.2. The van der Waals surface area contributed by atoms with E-state index >= 15 is 0 Å². The first-order valence-electron chi connectivity index (χ1n) is 8.40. The largest absolute Gasteiger partial charge is 0.342 e. The first-order chi connectivity index (χ1) is 13.0. The fourth-order valence-electron chi connectivity index (χ4n) is 2.83. The van der Waals surface area contributed by atoms with Crippen molar-refractivity contribution in [3.8, 4) is 0 Å². The third-order valence-corrected chi connectivity index (χ3v) is 5.39. The molecule has 27 heavy (non-hydrogen) atoms. The zero-order valence-corrected chi connectivity index (χ0v) is 16.9. The zero-order valence-electron chi connectivity index (χ0n) is 14.6. The van der Waals surface area contributed by atoms with E-state index in [1.54, 1.807) is 24.4 Å². The van der Waals surface area contributed by atoms with Gasteiger partial charge in [-0.1, -0.05) is 59.1 Å². The van der Waals surface area contributed by atoms with Gasteiger partial charge in [-0.25, -0.2) is 4.98 Å². The molecule has 3 rings (SSSR count). The summed E-state index contributed by atoms with van der Waals surface area (Å²) in [5, 5.41) is 4.68. The van der Waals surface area contributed by atoms with Crippen LogP contribution in [-0.2, 0) is 18.3 Å². The van der Waals surface area contributed by atoms with Gasteiger partial charge in [0.1, 0.15) is 11.9 Å². The Balaban J connectivity index is 1.76. The van der Waals surface area contributed by atoms with Gasteiger partial charge in [0.2, 0.25) is 5.91 Å². The van der Waals surface area contributed by atoms with Crippen LogP contribution in [0.25, 0.3) is 0 Å². The van der Waals surface area contributed by atoms with Gasteiger partial charge in [0.15, 0.2) is 0 Å². The van der Waals surface area contributed by atoms with Crippen LogP contribution < -0.4 is 5.32 Å². The van der Waals surface area contributed by atoms with E-state index in [2.05, 4.69) is 10.3 Å². The second kappa shape index (κ2) is 8.79. The first kappa shape index (κ1) is 19.7. The minimum atomic E-state index is -0.371. The van der Waals surface area contributed by atoms with E-state index in [-0.39, 0.29) is 18.4 Å². The number of imidazole rings is 1. The number of nitrogens with one attached hydrogen (secondary N) is 1. The van der Waals surface area contributed by atoms with Crippen molar-refractivity contribution in [2.75, 3.05) is 0 Å². The zero-order chi connectivity index (χ0) is 19.4. The number of amides is 1. The van der Waals surface area contributed by atoms with Gasteiger partial charge in [0.05, 0.1) is 10.0 Å². The average molecular weight is 423 g/mol. The van der Waals surface area contributed by atoms with E-state index < -0.39 is 0 Å². The Labute approximate surface area is 173 Å². The van der Waals surface area contributed by atoms with E-state index in [1.165, 1.54) is 0 Å². The fraction of sp³-hybridized carbons (Fsp3) is 0.200. The van der Waals surface area contributed by atoms with Crippen LogP contribution in [0.3, 0.4) is 0 Å². The lowest BCUT2D eigenvalue weighted by atomic mass is 10.0. The van der Waals surface area contributed by atoms with Crippen LogP contribution in [0, 0.1) is 0 Å².